The number of hydrogen-bond acceptors (Lipinski definition) is 4. The number of rotatable bonds is 3. The van der Waals surface area contributed by atoms with Crippen LogP contribution in [0.1, 0.15) is 35.7 Å². The van der Waals surface area contributed by atoms with Gasteiger partial charge in [0.1, 0.15) is 5.75 Å². The van der Waals surface area contributed by atoms with E-state index < -0.39 is 5.97 Å². The summed E-state index contributed by atoms with van der Waals surface area (Å²) in [4.78, 5) is 39.1. The first kappa shape index (κ1) is 18.2. The number of carbonyl (C=O) groups excluding carboxylic acids is 3. The van der Waals surface area contributed by atoms with Crippen LogP contribution in [0.2, 0.25) is 0 Å². The first-order valence-electron chi connectivity index (χ1n) is 9.37. The minimum Gasteiger partial charge on any atom is -0.423 e. The maximum Gasteiger partial charge on any atom is 0.343 e. The molecule has 2 aliphatic rings. The fourth-order valence-electron chi connectivity index (χ4n) is 3.92. The lowest BCUT2D eigenvalue weighted by Crippen LogP contribution is -2.30. The Morgan fingerprint density at radius 2 is 1.64 bits per heavy atom. The molecule has 5 nitrogen and oxygen atoms in total. The van der Waals surface area contributed by atoms with E-state index in [1.165, 1.54) is 4.90 Å². The second kappa shape index (κ2) is 7.08. The standard InChI is InChI=1S/C23H21NO4/c1-14-7-12-19-20(13-14)22(26)24(21(19)25)16-8-10-17(11-9-16)28-23(27)18-6-4-3-5-15(18)2/h3-11,19-20H,12-13H2,1-2H3/t19-,20-/m1/s1. The number of hydrogen-bond donors (Lipinski definition) is 0. The van der Waals surface area contributed by atoms with Crippen LogP contribution in [-0.2, 0) is 9.59 Å². The fourth-order valence-corrected chi connectivity index (χ4v) is 3.92. The van der Waals surface area contributed by atoms with Gasteiger partial charge in [-0.25, -0.2) is 4.79 Å². The average Bonchev–Trinajstić information content (AvgIpc) is 2.93. The van der Waals surface area contributed by atoms with E-state index in [1.807, 2.05) is 32.1 Å². The van der Waals surface area contributed by atoms with Gasteiger partial charge in [-0.05, 0) is 62.6 Å². The molecule has 1 fully saturated rings. The number of ether oxygens (including phenoxy) is 1. The van der Waals surface area contributed by atoms with Crippen molar-refractivity contribution < 1.29 is 19.1 Å². The molecule has 1 saturated heterocycles. The topological polar surface area (TPSA) is 63.7 Å². The molecule has 0 aromatic heterocycles. The van der Waals surface area contributed by atoms with Crippen LogP contribution in [0.25, 0.3) is 0 Å². The molecular formula is C23H21NO4. The summed E-state index contributed by atoms with van der Waals surface area (Å²) in [5.74, 6) is -0.904. The zero-order chi connectivity index (χ0) is 19.8. The van der Waals surface area contributed by atoms with E-state index in [9.17, 15) is 14.4 Å². The zero-order valence-corrected chi connectivity index (χ0v) is 15.8. The van der Waals surface area contributed by atoms with Crippen molar-refractivity contribution in [2.45, 2.75) is 26.7 Å². The number of allylic oxidation sites excluding steroid dienone is 2. The molecule has 142 valence electrons. The summed E-state index contributed by atoms with van der Waals surface area (Å²) in [7, 11) is 0. The third-order valence-electron chi connectivity index (χ3n) is 5.49. The van der Waals surface area contributed by atoms with E-state index in [-0.39, 0.29) is 23.7 Å². The summed E-state index contributed by atoms with van der Waals surface area (Å²) in [6, 6.07) is 13.7. The van der Waals surface area contributed by atoms with E-state index in [1.54, 1.807) is 36.4 Å². The van der Waals surface area contributed by atoms with Gasteiger partial charge in [0.15, 0.2) is 0 Å². The van der Waals surface area contributed by atoms with E-state index in [0.717, 1.165) is 11.1 Å². The number of carbonyl (C=O) groups is 3. The summed E-state index contributed by atoms with van der Waals surface area (Å²) >= 11 is 0. The molecule has 5 heteroatoms. The highest BCUT2D eigenvalue weighted by molar-refractivity contribution is 6.22. The molecular weight excluding hydrogens is 354 g/mol. The van der Waals surface area contributed by atoms with Gasteiger partial charge in [0, 0.05) is 0 Å². The Morgan fingerprint density at radius 3 is 2.36 bits per heavy atom. The number of anilines is 1. The van der Waals surface area contributed by atoms with Gasteiger partial charge in [-0.2, -0.15) is 0 Å². The van der Waals surface area contributed by atoms with Crippen LogP contribution < -0.4 is 9.64 Å². The van der Waals surface area contributed by atoms with Crippen LogP contribution in [0.15, 0.2) is 60.2 Å². The predicted molar refractivity (Wildman–Crippen MR) is 105 cm³/mol. The molecule has 2 amide bonds. The normalized spacial score (nSPS) is 21.4. The highest BCUT2D eigenvalue weighted by Gasteiger charge is 2.48. The van der Waals surface area contributed by atoms with Gasteiger partial charge in [0.2, 0.25) is 11.8 Å². The lowest BCUT2D eigenvalue weighted by atomic mass is 9.82. The van der Waals surface area contributed by atoms with Gasteiger partial charge >= 0.3 is 5.97 Å². The van der Waals surface area contributed by atoms with Crippen molar-refractivity contribution in [2.75, 3.05) is 4.90 Å². The number of esters is 1. The number of nitrogens with zero attached hydrogens (tertiary/aromatic N) is 1. The van der Waals surface area contributed by atoms with E-state index in [4.69, 9.17) is 4.74 Å². The summed E-state index contributed by atoms with van der Waals surface area (Å²) in [5, 5.41) is 0. The zero-order valence-electron chi connectivity index (χ0n) is 15.8. The molecule has 1 aliphatic carbocycles. The van der Waals surface area contributed by atoms with Crippen LogP contribution >= 0.6 is 0 Å². The van der Waals surface area contributed by atoms with Crippen molar-refractivity contribution in [3.63, 3.8) is 0 Å². The van der Waals surface area contributed by atoms with Crippen molar-refractivity contribution in [3.8, 4) is 5.75 Å². The Hall–Kier alpha value is -3.21. The van der Waals surface area contributed by atoms with Crippen LogP contribution in [0.5, 0.6) is 5.75 Å². The van der Waals surface area contributed by atoms with Gasteiger partial charge in [-0.3, -0.25) is 14.5 Å². The van der Waals surface area contributed by atoms with Crippen LogP contribution in [0, 0.1) is 18.8 Å². The van der Waals surface area contributed by atoms with Crippen LogP contribution in [-0.4, -0.2) is 17.8 Å². The highest BCUT2D eigenvalue weighted by atomic mass is 16.5. The Morgan fingerprint density at radius 1 is 0.964 bits per heavy atom. The Bertz CT molecular complexity index is 990. The maximum atomic E-state index is 12.8. The molecule has 2 atom stereocenters. The molecule has 4 rings (SSSR count). The van der Waals surface area contributed by atoms with Crippen molar-refractivity contribution in [3.05, 3.63) is 71.3 Å². The molecule has 0 N–H and O–H groups in total. The molecule has 2 aromatic rings. The second-order valence-corrected chi connectivity index (χ2v) is 7.41. The van der Waals surface area contributed by atoms with Crippen molar-refractivity contribution >= 4 is 23.5 Å². The number of imide groups is 1. The SMILES string of the molecule is CC1=CC[C@H]2C(=O)N(c3ccc(OC(=O)c4ccccc4C)cc3)C(=O)[C@@H]2C1. The lowest BCUT2D eigenvalue weighted by molar-refractivity contribution is -0.122. The quantitative estimate of drug-likeness (QED) is 0.351. The number of benzene rings is 2. The largest absolute Gasteiger partial charge is 0.423 e. The lowest BCUT2D eigenvalue weighted by Gasteiger charge is -2.18. The smallest absolute Gasteiger partial charge is 0.343 e. The Kier molecular flexibility index (Phi) is 4.59. The minimum absolute atomic E-state index is 0.146. The average molecular weight is 375 g/mol. The monoisotopic (exact) mass is 375 g/mol. The third kappa shape index (κ3) is 3.13. The Labute approximate surface area is 163 Å². The van der Waals surface area contributed by atoms with E-state index in [0.29, 0.717) is 29.8 Å². The summed E-state index contributed by atoms with van der Waals surface area (Å²) in [6.45, 7) is 3.84. The first-order chi connectivity index (χ1) is 13.5. The van der Waals surface area contributed by atoms with Gasteiger partial charge in [0.25, 0.3) is 0 Å². The summed E-state index contributed by atoms with van der Waals surface area (Å²) in [5.41, 5.74) is 3.01. The van der Waals surface area contributed by atoms with Gasteiger partial charge < -0.3 is 4.74 Å². The van der Waals surface area contributed by atoms with Gasteiger partial charge in [0.05, 0.1) is 23.1 Å². The van der Waals surface area contributed by atoms with Crippen LogP contribution in [0.4, 0.5) is 5.69 Å². The van der Waals surface area contributed by atoms with Crippen LogP contribution in [0.3, 0.4) is 0 Å². The fraction of sp³-hybridized carbons (Fsp3) is 0.261. The van der Waals surface area contributed by atoms with Gasteiger partial charge in [-0.1, -0.05) is 29.8 Å². The minimum atomic E-state index is -0.438. The summed E-state index contributed by atoms with van der Waals surface area (Å²) in [6.07, 6.45) is 3.30. The predicted octanol–water partition coefficient (Wildman–Crippen LogP) is 4.06. The highest BCUT2D eigenvalue weighted by Crippen LogP contribution is 2.40. The molecule has 0 unspecified atom stereocenters. The molecule has 2 aromatic carbocycles. The molecule has 28 heavy (non-hydrogen) atoms. The van der Waals surface area contributed by atoms with Crippen molar-refractivity contribution in [2.24, 2.45) is 11.8 Å². The molecule has 1 aliphatic heterocycles. The maximum absolute atomic E-state index is 12.8. The molecule has 0 radical (unpaired) electrons. The van der Waals surface area contributed by atoms with E-state index in [2.05, 4.69) is 0 Å². The third-order valence-corrected chi connectivity index (χ3v) is 5.49. The molecule has 1 heterocycles. The number of aryl methyl sites for hydroxylation is 1. The molecule has 0 spiro atoms. The molecule has 0 bridgehead atoms. The first-order valence-corrected chi connectivity index (χ1v) is 9.37. The second-order valence-electron chi connectivity index (χ2n) is 7.41. The summed E-state index contributed by atoms with van der Waals surface area (Å²) < 4.78 is 5.43. The van der Waals surface area contributed by atoms with Gasteiger partial charge in [-0.15, -0.1) is 0 Å². The number of amides is 2. The molecule has 0 saturated carbocycles. The van der Waals surface area contributed by atoms with E-state index >= 15 is 0 Å². The van der Waals surface area contributed by atoms with Crippen molar-refractivity contribution in [1.82, 2.24) is 0 Å². The number of fused-ring (bicyclic) bond motifs is 1. The Balaban J connectivity index is 1.51. The van der Waals surface area contributed by atoms with Crippen molar-refractivity contribution in [1.29, 1.82) is 0 Å².